The Morgan fingerprint density at radius 1 is 1.10 bits per heavy atom. The van der Waals surface area contributed by atoms with Crippen LogP contribution in [0.25, 0.3) is 0 Å². The molecular weight excluding hydrogens is 258 g/mol. The van der Waals surface area contributed by atoms with Crippen molar-refractivity contribution >= 4 is 11.6 Å². The number of amides is 1. The van der Waals surface area contributed by atoms with E-state index in [1.807, 2.05) is 0 Å². The fourth-order valence-corrected chi connectivity index (χ4v) is 1.74. The summed E-state index contributed by atoms with van der Waals surface area (Å²) in [4.78, 5) is 11.8. The van der Waals surface area contributed by atoms with E-state index in [1.54, 1.807) is 37.4 Å². The lowest BCUT2D eigenvalue weighted by Gasteiger charge is -2.07. The molecule has 0 aliphatic carbocycles. The van der Waals surface area contributed by atoms with Gasteiger partial charge in [0.1, 0.15) is 5.75 Å². The normalized spacial score (nSPS) is 10.1. The molecule has 1 amide bonds. The highest BCUT2D eigenvalue weighted by atomic mass is 16.5. The lowest BCUT2D eigenvalue weighted by atomic mass is 10.1. The van der Waals surface area contributed by atoms with Gasteiger partial charge in [-0.25, -0.2) is 0 Å². The van der Waals surface area contributed by atoms with Crippen molar-refractivity contribution in [2.45, 2.75) is 6.42 Å². The van der Waals surface area contributed by atoms with Gasteiger partial charge < -0.3 is 20.3 Å². The Kier molecular flexibility index (Phi) is 4.10. The SMILES string of the molecule is COc1ccc(NC(=O)Cc2ccc(O)c(O)c2)cc1. The summed E-state index contributed by atoms with van der Waals surface area (Å²) in [5, 5.41) is 21.3. The third-order valence-electron chi connectivity index (χ3n) is 2.78. The van der Waals surface area contributed by atoms with E-state index < -0.39 is 0 Å². The van der Waals surface area contributed by atoms with Gasteiger partial charge in [0.2, 0.25) is 5.91 Å². The summed E-state index contributed by atoms with van der Waals surface area (Å²) in [6.07, 6.45) is 0.111. The van der Waals surface area contributed by atoms with Crippen molar-refractivity contribution in [1.82, 2.24) is 0 Å². The molecule has 0 aromatic heterocycles. The largest absolute Gasteiger partial charge is 0.504 e. The molecule has 0 atom stereocenters. The average Bonchev–Trinajstić information content (AvgIpc) is 2.44. The molecule has 0 aliphatic heterocycles. The first kappa shape index (κ1) is 13.7. The number of hydrogen-bond donors (Lipinski definition) is 3. The highest BCUT2D eigenvalue weighted by Gasteiger charge is 2.07. The van der Waals surface area contributed by atoms with Crippen molar-refractivity contribution in [1.29, 1.82) is 0 Å². The molecule has 0 aliphatic rings. The lowest BCUT2D eigenvalue weighted by Crippen LogP contribution is -2.14. The predicted molar refractivity (Wildman–Crippen MR) is 75.1 cm³/mol. The summed E-state index contributed by atoms with van der Waals surface area (Å²) >= 11 is 0. The Hall–Kier alpha value is -2.69. The van der Waals surface area contributed by atoms with Crippen LogP contribution in [0.1, 0.15) is 5.56 Å². The Bertz CT molecular complexity index is 608. The maximum atomic E-state index is 11.8. The average molecular weight is 273 g/mol. The number of methoxy groups -OCH3 is 1. The van der Waals surface area contributed by atoms with E-state index in [9.17, 15) is 15.0 Å². The molecule has 2 rings (SSSR count). The van der Waals surface area contributed by atoms with Crippen LogP contribution in [-0.4, -0.2) is 23.2 Å². The highest BCUT2D eigenvalue weighted by molar-refractivity contribution is 5.92. The van der Waals surface area contributed by atoms with Gasteiger partial charge in [-0.1, -0.05) is 6.07 Å². The summed E-state index contributed by atoms with van der Waals surface area (Å²) in [5.41, 5.74) is 1.28. The van der Waals surface area contributed by atoms with Crippen molar-refractivity contribution in [2.75, 3.05) is 12.4 Å². The van der Waals surface area contributed by atoms with Crippen molar-refractivity contribution in [3.05, 3.63) is 48.0 Å². The Morgan fingerprint density at radius 2 is 1.80 bits per heavy atom. The number of nitrogens with one attached hydrogen (secondary N) is 1. The van der Waals surface area contributed by atoms with E-state index in [0.717, 1.165) is 0 Å². The molecule has 2 aromatic rings. The van der Waals surface area contributed by atoms with Gasteiger partial charge in [0.05, 0.1) is 13.5 Å². The molecule has 0 radical (unpaired) electrons. The third kappa shape index (κ3) is 3.41. The number of aromatic hydroxyl groups is 2. The Morgan fingerprint density at radius 3 is 2.40 bits per heavy atom. The van der Waals surface area contributed by atoms with Crippen molar-refractivity contribution in [3.63, 3.8) is 0 Å². The number of rotatable bonds is 4. The van der Waals surface area contributed by atoms with E-state index in [1.165, 1.54) is 12.1 Å². The molecule has 5 nitrogen and oxygen atoms in total. The maximum Gasteiger partial charge on any atom is 0.228 e. The van der Waals surface area contributed by atoms with Crippen LogP contribution >= 0.6 is 0 Å². The number of anilines is 1. The molecule has 0 saturated heterocycles. The molecule has 0 heterocycles. The number of phenols is 2. The minimum absolute atomic E-state index is 0.111. The van der Waals surface area contributed by atoms with Gasteiger partial charge in [0.25, 0.3) is 0 Å². The second kappa shape index (κ2) is 5.97. The lowest BCUT2D eigenvalue weighted by molar-refractivity contribution is -0.115. The third-order valence-corrected chi connectivity index (χ3v) is 2.78. The number of benzene rings is 2. The molecule has 0 bridgehead atoms. The second-order valence-electron chi connectivity index (χ2n) is 4.28. The molecule has 5 heteroatoms. The van der Waals surface area contributed by atoms with E-state index in [0.29, 0.717) is 17.0 Å². The quantitative estimate of drug-likeness (QED) is 0.747. The van der Waals surface area contributed by atoms with E-state index >= 15 is 0 Å². The zero-order chi connectivity index (χ0) is 14.5. The van der Waals surface area contributed by atoms with Crippen LogP contribution in [0.3, 0.4) is 0 Å². The van der Waals surface area contributed by atoms with E-state index in [2.05, 4.69) is 5.32 Å². The highest BCUT2D eigenvalue weighted by Crippen LogP contribution is 2.25. The molecule has 104 valence electrons. The van der Waals surface area contributed by atoms with Crippen LogP contribution < -0.4 is 10.1 Å². The number of ether oxygens (including phenoxy) is 1. The fourth-order valence-electron chi connectivity index (χ4n) is 1.74. The van der Waals surface area contributed by atoms with Crippen LogP contribution in [0.5, 0.6) is 17.2 Å². The minimum atomic E-state index is -0.236. The van der Waals surface area contributed by atoms with Crippen LogP contribution in [-0.2, 0) is 11.2 Å². The fraction of sp³-hybridized carbons (Fsp3) is 0.133. The minimum Gasteiger partial charge on any atom is -0.504 e. The number of carbonyl (C=O) groups excluding carboxylic acids is 1. The zero-order valence-corrected chi connectivity index (χ0v) is 11.0. The van der Waals surface area contributed by atoms with Crippen LogP contribution in [0.2, 0.25) is 0 Å². The Balaban J connectivity index is 1.99. The predicted octanol–water partition coefficient (Wildman–Crippen LogP) is 2.29. The van der Waals surface area contributed by atoms with Crippen molar-refractivity contribution in [2.24, 2.45) is 0 Å². The van der Waals surface area contributed by atoms with Gasteiger partial charge in [-0.3, -0.25) is 4.79 Å². The van der Waals surface area contributed by atoms with Gasteiger partial charge in [-0.2, -0.15) is 0 Å². The second-order valence-corrected chi connectivity index (χ2v) is 4.28. The zero-order valence-electron chi connectivity index (χ0n) is 11.0. The number of hydrogen-bond acceptors (Lipinski definition) is 4. The monoisotopic (exact) mass is 273 g/mol. The molecule has 20 heavy (non-hydrogen) atoms. The number of phenolic OH excluding ortho intramolecular Hbond substituents is 2. The summed E-state index contributed by atoms with van der Waals surface area (Å²) in [6, 6.07) is 11.3. The van der Waals surface area contributed by atoms with Crippen molar-refractivity contribution in [3.8, 4) is 17.2 Å². The molecule has 0 unspecified atom stereocenters. The molecule has 0 fully saturated rings. The topological polar surface area (TPSA) is 78.8 Å². The van der Waals surface area contributed by atoms with Gasteiger partial charge in [0.15, 0.2) is 11.5 Å². The first-order chi connectivity index (χ1) is 9.58. The molecule has 3 N–H and O–H groups in total. The summed E-state index contributed by atoms with van der Waals surface area (Å²) in [6.45, 7) is 0. The molecule has 2 aromatic carbocycles. The number of carbonyl (C=O) groups is 1. The van der Waals surface area contributed by atoms with Crippen LogP contribution in [0.4, 0.5) is 5.69 Å². The summed E-state index contributed by atoms with van der Waals surface area (Å²) in [5.74, 6) is 0.0655. The van der Waals surface area contributed by atoms with E-state index in [-0.39, 0.29) is 23.8 Å². The van der Waals surface area contributed by atoms with Crippen LogP contribution in [0.15, 0.2) is 42.5 Å². The van der Waals surface area contributed by atoms with Crippen molar-refractivity contribution < 1.29 is 19.7 Å². The first-order valence-corrected chi connectivity index (χ1v) is 6.03. The van der Waals surface area contributed by atoms with Crippen LogP contribution in [0, 0.1) is 0 Å². The molecule has 0 saturated carbocycles. The summed E-state index contributed by atoms with van der Waals surface area (Å²) in [7, 11) is 1.57. The van der Waals surface area contributed by atoms with Gasteiger partial charge in [-0.15, -0.1) is 0 Å². The van der Waals surface area contributed by atoms with Gasteiger partial charge in [-0.05, 0) is 42.0 Å². The molecule has 0 spiro atoms. The Labute approximate surface area is 116 Å². The van der Waals surface area contributed by atoms with Gasteiger partial charge in [0, 0.05) is 5.69 Å². The maximum absolute atomic E-state index is 11.8. The van der Waals surface area contributed by atoms with Gasteiger partial charge >= 0.3 is 0 Å². The first-order valence-electron chi connectivity index (χ1n) is 6.03. The summed E-state index contributed by atoms with van der Waals surface area (Å²) < 4.78 is 5.03. The standard InChI is InChI=1S/C15H15NO4/c1-20-12-5-3-11(4-6-12)16-15(19)9-10-2-7-13(17)14(18)8-10/h2-8,17-18H,9H2,1H3,(H,16,19). The van der Waals surface area contributed by atoms with E-state index in [4.69, 9.17) is 4.74 Å². The smallest absolute Gasteiger partial charge is 0.228 e. The molecular formula is C15H15NO4.